The summed E-state index contributed by atoms with van der Waals surface area (Å²) in [4.78, 5) is 0. The lowest BCUT2D eigenvalue weighted by Crippen LogP contribution is -2.27. The van der Waals surface area contributed by atoms with E-state index in [9.17, 15) is 8.78 Å². The Morgan fingerprint density at radius 2 is 1.71 bits per heavy atom. The number of hydrogen-bond donors (Lipinski definition) is 0. The Hall–Kier alpha value is -1.88. The second-order valence-electron chi connectivity index (χ2n) is 7.21. The summed E-state index contributed by atoms with van der Waals surface area (Å²) < 4.78 is 45.2. The van der Waals surface area contributed by atoms with Gasteiger partial charge in [-0.2, -0.15) is 0 Å². The Morgan fingerprint density at radius 3 is 2.19 bits per heavy atom. The Bertz CT molecular complexity index is 664. The van der Waals surface area contributed by atoms with Crippen molar-refractivity contribution in [3.8, 4) is 0 Å². The average Bonchev–Trinajstić information content (AvgIpc) is 2.81. The molecule has 1 saturated heterocycles. The second kappa shape index (κ2) is 16.8. The van der Waals surface area contributed by atoms with Crippen LogP contribution in [0.3, 0.4) is 0 Å². The summed E-state index contributed by atoms with van der Waals surface area (Å²) in [5.74, 6) is -0.707. The molecule has 5 heteroatoms. The molecular weight excluding hydrogens is 398 g/mol. The van der Waals surface area contributed by atoms with Crippen molar-refractivity contribution in [3.05, 3.63) is 58.6 Å². The zero-order valence-corrected chi connectivity index (χ0v) is 20.7. The lowest BCUT2D eigenvalue weighted by molar-refractivity contribution is -0.0126. The van der Waals surface area contributed by atoms with Crippen LogP contribution in [0.15, 0.2) is 58.6 Å². The van der Waals surface area contributed by atoms with Gasteiger partial charge in [0, 0.05) is 12.3 Å². The monoisotopic (exact) mass is 440 g/mol. The van der Waals surface area contributed by atoms with Crippen LogP contribution in [0.4, 0.5) is 8.78 Å². The molecule has 0 bridgehead atoms. The van der Waals surface area contributed by atoms with E-state index in [1.165, 1.54) is 14.0 Å². The van der Waals surface area contributed by atoms with Crippen LogP contribution in [0.5, 0.6) is 0 Å². The van der Waals surface area contributed by atoms with Gasteiger partial charge in [-0.15, -0.1) is 0 Å². The molecule has 2 atom stereocenters. The molecule has 1 aliphatic rings. The number of allylic oxidation sites excluding steroid dienone is 9. The highest BCUT2D eigenvalue weighted by molar-refractivity contribution is 5.40. The third-order valence-corrected chi connectivity index (χ3v) is 5.09. The molecule has 178 valence electrons. The lowest BCUT2D eigenvalue weighted by Gasteiger charge is -2.27. The summed E-state index contributed by atoms with van der Waals surface area (Å²) in [6, 6.07) is 0. The van der Waals surface area contributed by atoms with Crippen LogP contribution >= 0.6 is 0 Å². The molecule has 0 spiro atoms. The smallest absolute Gasteiger partial charge is 0.196 e. The molecule has 0 amide bonds. The van der Waals surface area contributed by atoms with Gasteiger partial charge in [0.25, 0.3) is 0 Å². The first kappa shape index (κ1) is 29.1. The molecule has 0 aromatic rings. The lowest BCUT2D eigenvalue weighted by atomic mass is 9.99. The zero-order valence-electron chi connectivity index (χ0n) is 20.7. The summed E-state index contributed by atoms with van der Waals surface area (Å²) in [5, 5.41) is 0. The predicted molar refractivity (Wildman–Crippen MR) is 126 cm³/mol. The molecule has 3 nitrogen and oxygen atoms in total. The van der Waals surface area contributed by atoms with Crippen molar-refractivity contribution in [1.29, 1.82) is 0 Å². The topological polar surface area (TPSA) is 27.7 Å². The normalized spacial score (nSPS) is 21.7. The molecule has 1 heterocycles. The number of halogens is 2. The molecule has 0 N–H and O–H groups in total. The minimum absolute atomic E-state index is 0.0688. The van der Waals surface area contributed by atoms with Crippen LogP contribution in [0, 0.1) is 5.92 Å². The van der Waals surface area contributed by atoms with Gasteiger partial charge in [-0.25, -0.2) is 8.78 Å². The van der Waals surface area contributed by atoms with Gasteiger partial charge in [0.1, 0.15) is 5.76 Å². The minimum atomic E-state index is -0.957. The number of ether oxygens (including phenoxy) is 3. The van der Waals surface area contributed by atoms with Crippen LogP contribution in [0.25, 0.3) is 0 Å². The Morgan fingerprint density at radius 1 is 1.03 bits per heavy atom. The van der Waals surface area contributed by atoms with Crippen LogP contribution in [0.1, 0.15) is 74.1 Å². The van der Waals surface area contributed by atoms with E-state index < -0.39 is 11.7 Å². The van der Waals surface area contributed by atoms with Gasteiger partial charge in [0.15, 0.2) is 11.7 Å². The van der Waals surface area contributed by atoms with Gasteiger partial charge in [0.05, 0.1) is 32.2 Å². The van der Waals surface area contributed by atoms with Crippen molar-refractivity contribution < 1.29 is 23.0 Å². The minimum Gasteiger partial charge on any atom is -0.498 e. The maximum Gasteiger partial charge on any atom is 0.196 e. The quantitative estimate of drug-likeness (QED) is 0.195. The van der Waals surface area contributed by atoms with Gasteiger partial charge in [-0.05, 0) is 57.3 Å². The van der Waals surface area contributed by atoms with Gasteiger partial charge < -0.3 is 14.2 Å². The fourth-order valence-electron chi connectivity index (χ4n) is 3.12. The third-order valence-electron chi connectivity index (χ3n) is 5.09. The summed E-state index contributed by atoms with van der Waals surface area (Å²) >= 11 is 0. The van der Waals surface area contributed by atoms with Crippen molar-refractivity contribution in [2.45, 2.75) is 80.3 Å². The van der Waals surface area contributed by atoms with E-state index in [1.54, 1.807) is 19.9 Å². The summed E-state index contributed by atoms with van der Waals surface area (Å²) in [6.07, 6.45) is 11.1. The third kappa shape index (κ3) is 10.3. The first-order chi connectivity index (χ1) is 14.9. The summed E-state index contributed by atoms with van der Waals surface area (Å²) in [7, 11) is 1.32. The maximum atomic E-state index is 14.5. The Balaban J connectivity index is 0.00000436. The van der Waals surface area contributed by atoms with Crippen LogP contribution < -0.4 is 0 Å². The highest BCUT2D eigenvalue weighted by Crippen LogP contribution is 2.28. The predicted octanol–water partition coefficient (Wildman–Crippen LogP) is 8.12. The molecule has 0 aliphatic carbocycles. The van der Waals surface area contributed by atoms with Crippen molar-refractivity contribution in [3.63, 3.8) is 0 Å². The molecule has 1 aliphatic heterocycles. The Labute approximate surface area is 188 Å². The molecule has 1 fully saturated rings. The molecule has 0 aromatic carbocycles. The van der Waals surface area contributed by atoms with Gasteiger partial charge in [-0.3, -0.25) is 0 Å². The maximum absolute atomic E-state index is 14.5. The number of methoxy groups -OCH3 is 1. The Kier molecular flexibility index (Phi) is 15.8. The first-order valence-corrected chi connectivity index (χ1v) is 11.4. The molecule has 2 unspecified atom stereocenters. The van der Waals surface area contributed by atoms with Crippen LogP contribution in [0.2, 0.25) is 0 Å². The molecule has 0 saturated carbocycles. The van der Waals surface area contributed by atoms with Gasteiger partial charge >= 0.3 is 0 Å². The van der Waals surface area contributed by atoms with Gasteiger partial charge in [0.2, 0.25) is 0 Å². The van der Waals surface area contributed by atoms with E-state index in [2.05, 4.69) is 6.08 Å². The van der Waals surface area contributed by atoms with E-state index >= 15 is 0 Å². The summed E-state index contributed by atoms with van der Waals surface area (Å²) in [5.41, 5.74) is 0.982. The number of rotatable bonds is 10. The zero-order chi connectivity index (χ0) is 23.8. The molecule has 0 aromatic heterocycles. The van der Waals surface area contributed by atoms with E-state index in [4.69, 9.17) is 14.2 Å². The SMILES string of the molecule is C/C=C/C1CCC(CO/C(=C/C=C(C)/C(CC)=C(F)/C(F)=C(\C)OC)CC)CO1.CC. The molecule has 31 heavy (non-hydrogen) atoms. The highest BCUT2D eigenvalue weighted by Gasteiger charge is 2.20. The van der Waals surface area contributed by atoms with E-state index in [1.807, 2.05) is 39.8 Å². The van der Waals surface area contributed by atoms with Gasteiger partial charge in [-0.1, -0.05) is 45.9 Å². The molecular formula is C26H42F2O3. The second-order valence-corrected chi connectivity index (χ2v) is 7.21. The highest BCUT2D eigenvalue weighted by atomic mass is 19.2. The standard InChI is InChI=1S/C24H36F2O3.C2H6/c1-7-10-21-14-12-19(16-29-21)15-28-20(8-2)13-11-17(4)22(9-3)24(26)23(25)18(5)27-6;1-2/h7,10-11,13,19,21H,8-9,12,14-16H2,1-6H3;1-2H3/b10-7+,17-11+,20-13+,23-18-,24-22-;. The van der Waals surface area contributed by atoms with Crippen LogP contribution in [-0.2, 0) is 14.2 Å². The molecule has 1 rings (SSSR count). The van der Waals surface area contributed by atoms with E-state index in [0.29, 0.717) is 36.7 Å². The van der Waals surface area contributed by atoms with Crippen molar-refractivity contribution >= 4 is 0 Å². The number of hydrogen-bond acceptors (Lipinski definition) is 3. The summed E-state index contributed by atoms with van der Waals surface area (Å²) in [6.45, 7) is 14.3. The molecule has 0 radical (unpaired) electrons. The largest absolute Gasteiger partial charge is 0.498 e. The van der Waals surface area contributed by atoms with Crippen LogP contribution in [-0.4, -0.2) is 26.4 Å². The van der Waals surface area contributed by atoms with Crippen molar-refractivity contribution in [2.75, 3.05) is 20.3 Å². The fourth-order valence-corrected chi connectivity index (χ4v) is 3.12. The first-order valence-electron chi connectivity index (χ1n) is 11.4. The van der Waals surface area contributed by atoms with E-state index in [0.717, 1.165) is 25.0 Å². The van der Waals surface area contributed by atoms with Crippen molar-refractivity contribution in [1.82, 2.24) is 0 Å². The fraction of sp³-hybridized carbons (Fsp3) is 0.615. The van der Waals surface area contributed by atoms with E-state index in [-0.39, 0.29) is 11.9 Å². The average molecular weight is 441 g/mol. The van der Waals surface area contributed by atoms with Crippen molar-refractivity contribution in [2.24, 2.45) is 5.92 Å².